The van der Waals surface area contributed by atoms with E-state index in [1.165, 1.54) is 6.07 Å². The van der Waals surface area contributed by atoms with Crippen LogP contribution in [0.1, 0.15) is 0 Å². The van der Waals surface area contributed by atoms with Crippen molar-refractivity contribution in [3.63, 3.8) is 0 Å². The standard InChI is InChI=1S/C10H8F2O4/c11-7-1-2-8(15-4-6-3-14-6)10(9(7)12)16-5-13/h1-2,5-6H,3-4H2. The fourth-order valence-corrected chi connectivity index (χ4v) is 1.13. The van der Waals surface area contributed by atoms with Crippen molar-refractivity contribution in [3.05, 3.63) is 23.8 Å². The lowest BCUT2D eigenvalue weighted by molar-refractivity contribution is -0.121. The van der Waals surface area contributed by atoms with Gasteiger partial charge < -0.3 is 14.2 Å². The summed E-state index contributed by atoms with van der Waals surface area (Å²) in [5.41, 5.74) is 0. The normalized spacial score (nSPS) is 18.0. The van der Waals surface area contributed by atoms with Gasteiger partial charge in [-0.15, -0.1) is 0 Å². The minimum atomic E-state index is -1.25. The number of rotatable bonds is 5. The molecule has 1 aromatic rings. The maximum Gasteiger partial charge on any atom is 0.298 e. The third kappa shape index (κ3) is 2.27. The minimum absolute atomic E-state index is 0.0122. The van der Waals surface area contributed by atoms with Crippen molar-refractivity contribution < 1.29 is 27.8 Å². The molecule has 0 aliphatic carbocycles. The summed E-state index contributed by atoms with van der Waals surface area (Å²) in [5, 5.41) is 0. The van der Waals surface area contributed by atoms with Gasteiger partial charge >= 0.3 is 0 Å². The van der Waals surface area contributed by atoms with E-state index in [-0.39, 0.29) is 24.9 Å². The van der Waals surface area contributed by atoms with E-state index in [1.54, 1.807) is 0 Å². The lowest BCUT2D eigenvalue weighted by Crippen LogP contribution is -2.07. The third-order valence-electron chi connectivity index (χ3n) is 2.01. The van der Waals surface area contributed by atoms with Crippen LogP contribution < -0.4 is 9.47 Å². The quantitative estimate of drug-likeness (QED) is 0.564. The smallest absolute Gasteiger partial charge is 0.298 e. The molecule has 86 valence electrons. The molecule has 1 heterocycles. The number of halogens is 2. The highest BCUT2D eigenvalue weighted by Gasteiger charge is 2.25. The molecule has 6 heteroatoms. The van der Waals surface area contributed by atoms with Gasteiger partial charge in [0.2, 0.25) is 11.6 Å². The zero-order valence-electron chi connectivity index (χ0n) is 8.11. The van der Waals surface area contributed by atoms with Gasteiger partial charge in [-0.3, -0.25) is 4.79 Å². The minimum Gasteiger partial charge on any atom is -0.487 e. The van der Waals surface area contributed by atoms with Crippen LogP contribution in [-0.2, 0) is 9.53 Å². The van der Waals surface area contributed by atoms with E-state index >= 15 is 0 Å². The van der Waals surface area contributed by atoms with Crippen LogP contribution in [0.2, 0.25) is 0 Å². The van der Waals surface area contributed by atoms with Gasteiger partial charge in [0, 0.05) is 0 Å². The SMILES string of the molecule is O=COc1c(OCC2CO2)ccc(F)c1F. The van der Waals surface area contributed by atoms with Gasteiger partial charge in [0.05, 0.1) is 6.61 Å². The Morgan fingerprint density at radius 1 is 1.50 bits per heavy atom. The van der Waals surface area contributed by atoms with Crippen LogP contribution in [0, 0.1) is 11.6 Å². The molecule has 0 aromatic heterocycles. The fraction of sp³-hybridized carbons (Fsp3) is 0.300. The van der Waals surface area contributed by atoms with Gasteiger partial charge in [-0.25, -0.2) is 4.39 Å². The highest BCUT2D eigenvalue weighted by molar-refractivity contribution is 5.51. The number of carbonyl (C=O) groups is 1. The highest BCUT2D eigenvalue weighted by atomic mass is 19.2. The Kier molecular flexibility index (Phi) is 3.00. The molecule has 4 nitrogen and oxygen atoms in total. The molecule has 0 amide bonds. The molecule has 1 aliphatic rings. The monoisotopic (exact) mass is 230 g/mol. The Hall–Kier alpha value is -1.69. The van der Waals surface area contributed by atoms with Crippen molar-refractivity contribution in [2.45, 2.75) is 6.10 Å². The molecule has 1 aliphatic heterocycles. The summed E-state index contributed by atoms with van der Waals surface area (Å²) in [5.74, 6) is -2.93. The van der Waals surface area contributed by atoms with Gasteiger partial charge in [0.1, 0.15) is 12.7 Å². The van der Waals surface area contributed by atoms with Crippen molar-refractivity contribution in [3.8, 4) is 11.5 Å². The summed E-state index contributed by atoms with van der Waals surface area (Å²) in [6.45, 7) is 0.798. The summed E-state index contributed by atoms with van der Waals surface area (Å²) >= 11 is 0. The van der Waals surface area contributed by atoms with Gasteiger partial charge in [-0.1, -0.05) is 0 Å². The third-order valence-corrected chi connectivity index (χ3v) is 2.01. The van der Waals surface area contributed by atoms with Crippen molar-refractivity contribution >= 4 is 6.47 Å². The van der Waals surface area contributed by atoms with Crippen molar-refractivity contribution in [1.29, 1.82) is 0 Å². The van der Waals surface area contributed by atoms with Crippen LogP contribution in [0.15, 0.2) is 12.1 Å². The zero-order chi connectivity index (χ0) is 11.5. The number of epoxide rings is 1. The predicted molar refractivity (Wildman–Crippen MR) is 48.3 cm³/mol. The average Bonchev–Trinajstić information content (AvgIpc) is 3.08. The molecular weight excluding hydrogens is 222 g/mol. The van der Waals surface area contributed by atoms with E-state index in [0.29, 0.717) is 6.61 Å². The van der Waals surface area contributed by atoms with Gasteiger partial charge in [-0.05, 0) is 12.1 Å². The van der Waals surface area contributed by atoms with Gasteiger partial charge in [-0.2, -0.15) is 4.39 Å². The largest absolute Gasteiger partial charge is 0.487 e. The van der Waals surface area contributed by atoms with E-state index in [0.717, 1.165) is 6.07 Å². The van der Waals surface area contributed by atoms with E-state index in [9.17, 15) is 13.6 Å². The first-order chi connectivity index (χ1) is 7.72. The van der Waals surface area contributed by atoms with E-state index < -0.39 is 17.4 Å². The Bertz CT molecular complexity index is 404. The molecule has 1 unspecified atom stereocenters. The topological polar surface area (TPSA) is 48.1 Å². The first kappa shape index (κ1) is 10.8. The molecule has 1 aromatic carbocycles. The molecule has 0 saturated carbocycles. The Balaban J connectivity index is 2.19. The van der Waals surface area contributed by atoms with Crippen LogP contribution in [0.25, 0.3) is 0 Å². The van der Waals surface area contributed by atoms with Crippen molar-refractivity contribution in [2.24, 2.45) is 0 Å². The molecule has 16 heavy (non-hydrogen) atoms. The summed E-state index contributed by atoms with van der Waals surface area (Å²) in [7, 11) is 0. The molecule has 1 atom stereocenters. The van der Waals surface area contributed by atoms with E-state index in [4.69, 9.17) is 9.47 Å². The summed E-state index contributed by atoms with van der Waals surface area (Å²) in [6, 6.07) is 2.09. The van der Waals surface area contributed by atoms with Crippen LogP contribution in [0.4, 0.5) is 8.78 Å². The van der Waals surface area contributed by atoms with Crippen LogP contribution in [0.5, 0.6) is 11.5 Å². The van der Waals surface area contributed by atoms with Crippen molar-refractivity contribution in [2.75, 3.05) is 13.2 Å². The zero-order valence-corrected chi connectivity index (χ0v) is 8.11. The molecule has 0 spiro atoms. The average molecular weight is 230 g/mol. The summed E-state index contributed by atoms with van der Waals surface area (Å²) < 4.78 is 40.4. The number of hydrogen-bond acceptors (Lipinski definition) is 4. The molecule has 0 radical (unpaired) electrons. The molecule has 0 N–H and O–H groups in total. The molecule has 1 saturated heterocycles. The maximum atomic E-state index is 13.2. The number of benzene rings is 1. The first-order valence-electron chi connectivity index (χ1n) is 4.55. The molecule has 1 fully saturated rings. The summed E-state index contributed by atoms with van der Waals surface area (Å²) in [6.07, 6.45) is -0.0304. The predicted octanol–water partition coefficient (Wildman–Crippen LogP) is 1.28. The van der Waals surface area contributed by atoms with Crippen LogP contribution in [-0.4, -0.2) is 25.8 Å². The fourth-order valence-electron chi connectivity index (χ4n) is 1.13. The van der Waals surface area contributed by atoms with Crippen molar-refractivity contribution in [1.82, 2.24) is 0 Å². The molecular formula is C10H8F2O4. The lowest BCUT2D eigenvalue weighted by Gasteiger charge is -2.09. The molecule has 0 bridgehead atoms. The van der Waals surface area contributed by atoms with E-state index in [2.05, 4.69) is 4.74 Å². The second-order valence-electron chi connectivity index (χ2n) is 3.17. The molecule has 2 rings (SSSR count). The van der Waals surface area contributed by atoms with Crippen LogP contribution in [0.3, 0.4) is 0 Å². The van der Waals surface area contributed by atoms with Crippen LogP contribution >= 0.6 is 0 Å². The number of carbonyl (C=O) groups excluding carboxylic acids is 1. The number of hydrogen-bond donors (Lipinski definition) is 0. The second kappa shape index (κ2) is 4.44. The van der Waals surface area contributed by atoms with E-state index in [1.807, 2.05) is 0 Å². The Morgan fingerprint density at radius 2 is 2.25 bits per heavy atom. The summed E-state index contributed by atoms with van der Waals surface area (Å²) in [4.78, 5) is 10.1. The first-order valence-corrected chi connectivity index (χ1v) is 4.55. The van der Waals surface area contributed by atoms with Gasteiger partial charge in [0.25, 0.3) is 6.47 Å². The highest BCUT2D eigenvalue weighted by Crippen LogP contribution is 2.32. The Morgan fingerprint density at radius 3 is 2.88 bits per heavy atom. The number of ether oxygens (including phenoxy) is 3. The lowest BCUT2D eigenvalue weighted by atomic mass is 10.3. The Labute approximate surface area is 89.7 Å². The maximum absolute atomic E-state index is 13.2. The van der Waals surface area contributed by atoms with Gasteiger partial charge in [0.15, 0.2) is 11.6 Å². The second-order valence-corrected chi connectivity index (χ2v) is 3.17.